The van der Waals surface area contributed by atoms with E-state index in [0.29, 0.717) is 6.42 Å². The summed E-state index contributed by atoms with van der Waals surface area (Å²) in [5.41, 5.74) is 0. The molecule has 1 aliphatic heterocycles. The van der Waals surface area contributed by atoms with Crippen LogP contribution < -0.4 is 0 Å². The maximum atomic E-state index is 7.91. The van der Waals surface area contributed by atoms with Crippen LogP contribution in [0.4, 0.5) is 0 Å². The van der Waals surface area contributed by atoms with Crippen LogP contribution in [0.2, 0.25) is 0 Å². The van der Waals surface area contributed by atoms with Crippen molar-refractivity contribution in [1.29, 1.82) is 0 Å². The molecule has 2 nitrogen and oxygen atoms in total. The average molecular weight is 276 g/mol. The molecule has 2 radical (unpaired) electrons. The van der Waals surface area contributed by atoms with E-state index in [9.17, 15) is 0 Å². The van der Waals surface area contributed by atoms with Gasteiger partial charge in [-0.15, -0.1) is 0 Å². The summed E-state index contributed by atoms with van der Waals surface area (Å²) in [6.45, 7) is 3.28. The van der Waals surface area contributed by atoms with E-state index < -0.39 is 18.4 Å². The molecular weight excluding hydrogens is 254 g/mol. The van der Waals surface area contributed by atoms with E-state index in [1.165, 1.54) is 12.2 Å². The molecule has 0 aromatic rings. The Kier molecular flexibility index (Phi) is 8.30. The van der Waals surface area contributed by atoms with Crippen LogP contribution in [0.25, 0.3) is 0 Å². The van der Waals surface area contributed by atoms with Crippen molar-refractivity contribution in [3.05, 3.63) is 6.42 Å². The van der Waals surface area contributed by atoms with Gasteiger partial charge in [0.2, 0.25) is 0 Å². The molecule has 4 heteroatoms. The second-order valence-electron chi connectivity index (χ2n) is 2.46. The van der Waals surface area contributed by atoms with Gasteiger partial charge in [0.05, 0.1) is 7.11 Å². The molecule has 1 saturated heterocycles. The molecule has 64 valence electrons. The standard InChI is InChI=1S/C8H16NO.K.Y/c1-7-5-4-6-8(2)9(7)10-3;;/h4,7-8H,5-6H2,1-3H3;;/q-1;;/i5T,7T,8T;;. The van der Waals surface area contributed by atoms with Crippen LogP contribution in [0.15, 0.2) is 0 Å². The van der Waals surface area contributed by atoms with Crippen LogP contribution in [0.1, 0.15) is 30.8 Å². The fourth-order valence-electron chi connectivity index (χ4n) is 1.15. The SMILES string of the molecule is [3H]C1[CH-]CC([3H])(C)N(OC)C1([3H])C.[K].[Y]. The van der Waals surface area contributed by atoms with Gasteiger partial charge in [0.25, 0.3) is 0 Å². The van der Waals surface area contributed by atoms with Crippen LogP contribution in [0, 0.1) is 6.42 Å². The molecule has 0 aromatic heterocycles. The summed E-state index contributed by atoms with van der Waals surface area (Å²) in [6.07, 6.45) is 1.50. The smallest absolute Gasteiger partial charge is 0.0575 e. The molecule has 0 N–H and O–H groups in total. The van der Waals surface area contributed by atoms with Crippen molar-refractivity contribution >= 4 is 51.4 Å². The molecule has 1 aliphatic rings. The molecule has 1 heterocycles. The van der Waals surface area contributed by atoms with Crippen LogP contribution >= 0.6 is 0 Å². The van der Waals surface area contributed by atoms with E-state index in [0.717, 1.165) is 0 Å². The van der Waals surface area contributed by atoms with Gasteiger partial charge in [-0.1, -0.05) is 0 Å². The minimum atomic E-state index is -1.18. The summed E-state index contributed by atoms with van der Waals surface area (Å²) >= 11 is 0. The van der Waals surface area contributed by atoms with Crippen molar-refractivity contribution in [2.75, 3.05) is 7.11 Å². The third-order valence-corrected chi connectivity index (χ3v) is 1.62. The second kappa shape index (κ2) is 8.93. The molecular formula is C8H16KNOY-. The number of hydrogen-bond acceptors (Lipinski definition) is 2. The largest absolute Gasteiger partial charge is 0.325 e. The van der Waals surface area contributed by atoms with Crippen molar-refractivity contribution in [3.63, 3.8) is 0 Å². The molecule has 0 aromatic carbocycles. The monoisotopic (exact) mass is 276 g/mol. The van der Waals surface area contributed by atoms with Crippen LogP contribution in [0.5, 0.6) is 0 Å². The Labute approximate surface area is 148 Å². The Morgan fingerprint density at radius 2 is 2.17 bits per heavy atom. The third-order valence-electron chi connectivity index (χ3n) is 1.62. The molecule has 0 aliphatic carbocycles. The average Bonchev–Trinajstić information content (AvgIpc) is 1.98. The van der Waals surface area contributed by atoms with Gasteiger partial charge < -0.3 is 11.3 Å². The van der Waals surface area contributed by atoms with Crippen LogP contribution in [-0.4, -0.2) is 75.6 Å². The fourth-order valence-corrected chi connectivity index (χ4v) is 1.15. The first-order chi connectivity index (χ1) is 5.82. The first-order valence-electron chi connectivity index (χ1n) is 5.00. The zero-order valence-electron chi connectivity index (χ0n) is 11.3. The van der Waals surface area contributed by atoms with Crippen LogP contribution in [-0.2, 0) is 37.5 Å². The van der Waals surface area contributed by atoms with Crippen molar-refractivity contribution in [1.82, 2.24) is 5.06 Å². The summed E-state index contributed by atoms with van der Waals surface area (Å²) in [4.78, 5) is 5.01. The summed E-state index contributed by atoms with van der Waals surface area (Å²) < 4.78 is 23.4. The van der Waals surface area contributed by atoms with Crippen molar-refractivity contribution in [2.45, 2.75) is 38.7 Å². The Balaban J connectivity index is 0. The first-order valence-corrected chi connectivity index (χ1v) is 3.42. The number of piperidine rings is 1. The van der Waals surface area contributed by atoms with Crippen LogP contribution in [0.3, 0.4) is 0 Å². The Bertz CT molecular complexity index is 206. The van der Waals surface area contributed by atoms with E-state index in [2.05, 4.69) is 0 Å². The summed E-state index contributed by atoms with van der Waals surface area (Å²) in [6, 6.07) is -2.12. The predicted octanol–water partition coefficient (Wildman–Crippen LogP) is 1.24. The molecule has 0 amide bonds. The van der Waals surface area contributed by atoms with Crippen molar-refractivity contribution in [2.24, 2.45) is 0 Å². The molecule has 0 spiro atoms. The van der Waals surface area contributed by atoms with Gasteiger partial charge >= 0.3 is 0 Å². The molecule has 0 bridgehead atoms. The fraction of sp³-hybridized carbons (Fsp3) is 0.875. The second-order valence-corrected chi connectivity index (χ2v) is 2.46. The minimum Gasteiger partial charge on any atom is -0.325 e. The summed E-state index contributed by atoms with van der Waals surface area (Å²) in [5.74, 6) is 0. The Hall–Kier alpha value is 2.66. The molecule has 12 heavy (non-hydrogen) atoms. The minimum absolute atomic E-state index is 0. The van der Waals surface area contributed by atoms with Gasteiger partial charge in [0, 0.05) is 98.9 Å². The van der Waals surface area contributed by atoms with E-state index in [1.807, 2.05) is 0 Å². The molecule has 3 atom stereocenters. The Morgan fingerprint density at radius 1 is 1.58 bits per heavy atom. The maximum absolute atomic E-state index is 7.91. The third kappa shape index (κ3) is 4.94. The van der Waals surface area contributed by atoms with E-state index in [-0.39, 0.29) is 84.1 Å². The zero-order valence-corrected chi connectivity index (χ0v) is 14.3. The maximum Gasteiger partial charge on any atom is 0.0575 e. The quantitative estimate of drug-likeness (QED) is 0.528. The summed E-state index contributed by atoms with van der Waals surface area (Å²) in [7, 11) is 1.44. The molecule has 1 rings (SSSR count). The normalized spacial score (nSPS) is 52.2. The molecule has 1 fully saturated rings. The number of nitrogens with zero attached hydrogens (tertiary/aromatic N) is 1. The van der Waals surface area contributed by atoms with E-state index in [4.69, 9.17) is 8.95 Å². The van der Waals surface area contributed by atoms with Crippen molar-refractivity contribution < 1.29 is 41.7 Å². The molecule has 0 saturated carbocycles. The number of hydrogen-bond donors (Lipinski definition) is 0. The topological polar surface area (TPSA) is 12.5 Å². The van der Waals surface area contributed by atoms with Gasteiger partial charge in [-0.05, 0) is 15.2 Å². The zero-order chi connectivity index (χ0) is 10.3. The van der Waals surface area contributed by atoms with E-state index in [1.54, 1.807) is 20.3 Å². The molecule has 3 unspecified atom stereocenters. The van der Waals surface area contributed by atoms with Gasteiger partial charge in [-0.3, -0.25) is 0 Å². The predicted molar refractivity (Wildman–Crippen MR) is 47.1 cm³/mol. The number of rotatable bonds is 1. The Morgan fingerprint density at radius 3 is 2.58 bits per heavy atom. The van der Waals surface area contributed by atoms with Gasteiger partial charge in [-0.25, -0.2) is 0 Å². The van der Waals surface area contributed by atoms with Crippen molar-refractivity contribution in [3.8, 4) is 0 Å². The number of hydroxylamine groups is 2. The van der Waals surface area contributed by atoms with E-state index >= 15 is 0 Å². The van der Waals surface area contributed by atoms with Gasteiger partial charge in [0.15, 0.2) is 0 Å². The summed E-state index contributed by atoms with van der Waals surface area (Å²) in [5, 5.41) is 1.28. The first kappa shape index (κ1) is 11.2. The van der Waals surface area contributed by atoms with Gasteiger partial charge in [-0.2, -0.15) is 17.9 Å². The van der Waals surface area contributed by atoms with Gasteiger partial charge in [0.1, 0.15) is 0 Å².